The standard InChI is InChI=1S/C20H17BrN2O5S/c1-11(19(25)26)28-15-8-3-12(9-16(15)27-2)10-17-18(24)23(20(22)29-17)14-6-4-13(21)5-7-14/h3-11,22H,1-2H3,(H,25,26)/b17-10-,22-20?/t11-/m1/s1. The molecular formula is C20H17BrN2O5S. The number of anilines is 1. The molecule has 2 N–H and O–H groups in total. The molecule has 1 heterocycles. The molecule has 0 bridgehead atoms. The summed E-state index contributed by atoms with van der Waals surface area (Å²) in [6, 6.07) is 12.1. The summed E-state index contributed by atoms with van der Waals surface area (Å²) in [7, 11) is 1.45. The fraction of sp³-hybridized carbons (Fsp3) is 0.150. The van der Waals surface area contributed by atoms with E-state index < -0.39 is 12.1 Å². The maximum absolute atomic E-state index is 12.8. The van der Waals surface area contributed by atoms with E-state index in [0.717, 1.165) is 16.2 Å². The summed E-state index contributed by atoms with van der Waals surface area (Å²) in [5.74, 6) is -0.735. The monoisotopic (exact) mass is 476 g/mol. The second kappa shape index (κ2) is 8.71. The first-order chi connectivity index (χ1) is 13.8. The van der Waals surface area contributed by atoms with Crippen LogP contribution in [-0.2, 0) is 9.59 Å². The van der Waals surface area contributed by atoms with Crippen molar-refractivity contribution in [3.8, 4) is 11.5 Å². The highest BCUT2D eigenvalue weighted by molar-refractivity contribution is 9.10. The van der Waals surface area contributed by atoms with Gasteiger partial charge >= 0.3 is 5.97 Å². The quantitative estimate of drug-likeness (QED) is 0.600. The fourth-order valence-electron chi connectivity index (χ4n) is 2.58. The number of amides is 1. The van der Waals surface area contributed by atoms with Crippen molar-refractivity contribution in [2.24, 2.45) is 0 Å². The number of carboxylic acid groups (broad SMARTS) is 1. The first-order valence-electron chi connectivity index (χ1n) is 8.45. The Morgan fingerprint density at radius 1 is 1.24 bits per heavy atom. The molecule has 1 amide bonds. The molecular weight excluding hydrogens is 460 g/mol. The van der Waals surface area contributed by atoms with E-state index in [4.69, 9.17) is 20.0 Å². The Kier molecular flexibility index (Phi) is 6.29. The number of amidine groups is 1. The van der Waals surface area contributed by atoms with Gasteiger partial charge in [0.05, 0.1) is 17.7 Å². The van der Waals surface area contributed by atoms with E-state index >= 15 is 0 Å². The number of ether oxygens (including phenoxy) is 2. The molecule has 0 radical (unpaired) electrons. The van der Waals surface area contributed by atoms with Gasteiger partial charge in [0, 0.05) is 4.47 Å². The lowest BCUT2D eigenvalue weighted by molar-refractivity contribution is -0.144. The Balaban J connectivity index is 1.86. The largest absolute Gasteiger partial charge is 0.493 e. The first-order valence-corrected chi connectivity index (χ1v) is 10.1. The van der Waals surface area contributed by atoms with E-state index in [9.17, 15) is 9.59 Å². The highest BCUT2D eigenvalue weighted by Gasteiger charge is 2.33. The number of hydrogen-bond acceptors (Lipinski definition) is 6. The van der Waals surface area contributed by atoms with Crippen molar-refractivity contribution in [3.05, 3.63) is 57.4 Å². The van der Waals surface area contributed by atoms with Crippen LogP contribution in [0, 0.1) is 5.41 Å². The molecule has 0 aromatic heterocycles. The molecule has 1 saturated heterocycles. The van der Waals surface area contributed by atoms with E-state index in [1.165, 1.54) is 18.9 Å². The molecule has 0 aliphatic carbocycles. The predicted molar refractivity (Wildman–Crippen MR) is 116 cm³/mol. The van der Waals surface area contributed by atoms with E-state index in [2.05, 4.69) is 15.9 Å². The number of methoxy groups -OCH3 is 1. The van der Waals surface area contributed by atoms with Crippen LogP contribution < -0.4 is 14.4 Å². The Bertz CT molecular complexity index is 1010. The maximum Gasteiger partial charge on any atom is 0.344 e. The second-order valence-corrected chi connectivity index (χ2v) is 7.99. The SMILES string of the molecule is COc1cc(/C=C2\SC(=N)N(c3ccc(Br)cc3)C2=O)ccc1O[C@H](C)C(=O)O. The van der Waals surface area contributed by atoms with Crippen LogP contribution in [0.1, 0.15) is 12.5 Å². The van der Waals surface area contributed by atoms with Gasteiger partial charge in [-0.1, -0.05) is 22.0 Å². The van der Waals surface area contributed by atoms with Crippen LogP contribution in [0.5, 0.6) is 11.5 Å². The molecule has 29 heavy (non-hydrogen) atoms. The van der Waals surface area contributed by atoms with Crippen molar-refractivity contribution in [2.45, 2.75) is 13.0 Å². The third-order valence-electron chi connectivity index (χ3n) is 4.05. The lowest BCUT2D eigenvalue weighted by atomic mass is 10.1. The number of nitrogens with one attached hydrogen (secondary N) is 1. The third-order valence-corrected chi connectivity index (χ3v) is 5.46. The van der Waals surface area contributed by atoms with Gasteiger partial charge in [-0.2, -0.15) is 0 Å². The Labute approximate surface area is 179 Å². The first kappa shape index (κ1) is 20.9. The van der Waals surface area contributed by atoms with Gasteiger partial charge in [-0.25, -0.2) is 4.79 Å². The topological polar surface area (TPSA) is 99.9 Å². The number of rotatable bonds is 6. The Morgan fingerprint density at radius 2 is 1.93 bits per heavy atom. The minimum absolute atomic E-state index is 0.116. The molecule has 2 aromatic rings. The van der Waals surface area contributed by atoms with Crippen molar-refractivity contribution in [2.75, 3.05) is 12.0 Å². The number of carbonyl (C=O) groups excluding carboxylic acids is 1. The minimum Gasteiger partial charge on any atom is -0.493 e. The molecule has 3 rings (SSSR count). The predicted octanol–water partition coefficient (Wildman–Crippen LogP) is 4.37. The summed E-state index contributed by atoms with van der Waals surface area (Å²) in [5, 5.41) is 17.3. The van der Waals surface area contributed by atoms with E-state index in [1.807, 2.05) is 12.1 Å². The normalized spacial score (nSPS) is 16.2. The zero-order valence-corrected chi connectivity index (χ0v) is 17.9. The molecule has 0 spiro atoms. The summed E-state index contributed by atoms with van der Waals surface area (Å²) >= 11 is 4.42. The van der Waals surface area contributed by atoms with Gasteiger partial charge in [-0.05, 0) is 66.7 Å². The molecule has 1 atom stereocenters. The van der Waals surface area contributed by atoms with Crippen LogP contribution in [0.15, 0.2) is 51.8 Å². The maximum atomic E-state index is 12.8. The number of benzene rings is 2. The van der Waals surface area contributed by atoms with Gasteiger partial charge in [0.15, 0.2) is 22.8 Å². The summed E-state index contributed by atoms with van der Waals surface area (Å²) < 4.78 is 11.6. The van der Waals surface area contributed by atoms with Gasteiger partial charge in [0.1, 0.15) is 0 Å². The molecule has 150 valence electrons. The van der Waals surface area contributed by atoms with Crippen molar-refractivity contribution < 1.29 is 24.2 Å². The zero-order valence-electron chi connectivity index (χ0n) is 15.5. The number of hydrogen-bond donors (Lipinski definition) is 2. The molecule has 0 unspecified atom stereocenters. The number of aliphatic carboxylic acids is 1. The van der Waals surface area contributed by atoms with Gasteiger partial charge in [0.2, 0.25) is 0 Å². The summed E-state index contributed by atoms with van der Waals surface area (Å²) in [6.07, 6.45) is 0.632. The number of thioether (sulfide) groups is 1. The number of nitrogens with zero attached hydrogens (tertiary/aromatic N) is 1. The van der Waals surface area contributed by atoms with Gasteiger partial charge < -0.3 is 14.6 Å². The third kappa shape index (κ3) is 4.63. The minimum atomic E-state index is -1.09. The Morgan fingerprint density at radius 3 is 2.55 bits per heavy atom. The smallest absolute Gasteiger partial charge is 0.344 e. The second-order valence-electron chi connectivity index (χ2n) is 6.04. The molecule has 0 saturated carbocycles. The van der Waals surface area contributed by atoms with Crippen LogP contribution in [-0.4, -0.2) is 35.4 Å². The van der Waals surface area contributed by atoms with Crippen LogP contribution in [0.3, 0.4) is 0 Å². The van der Waals surface area contributed by atoms with Crippen LogP contribution in [0.2, 0.25) is 0 Å². The summed E-state index contributed by atoms with van der Waals surface area (Å²) in [6.45, 7) is 1.42. The molecule has 1 aliphatic rings. The molecule has 1 aliphatic heterocycles. The average molecular weight is 477 g/mol. The van der Waals surface area contributed by atoms with Crippen LogP contribution in [0.25, 0.3) is 6.08 Å². The van der Waals surface area contributed by atoms with E-state index in [0.29, 0.717) is 27.7 Å². The molecule has 9 heteroatoms. The van der Waals surface area contributed by atoms with Gasteiger partial charge in [-0.3, -0.25) is 15.1 Å². The van der Waals surface area contributed by atoms with Crippen molar-refractivity contribution in [1.29, 1.82) is 5.41 Å². The molecule has 7 nitrogen and oxygen atoms in total. The summed E-state index contributed by atoms with van der Waals surface area (Å²) in [5.41, 5.74) is 1.28. The lowest BCUT2D eigenvalue weighted by Crippen LogP contribution is -2.27. The molecule has 1 fully saturated rings. The van der Waals surface area contributed by atoms with E-state index in [1.54, 1.807) is 36.4 Å². The Hall–Kier alpha value is -2.78. The van der Waals surface area contributed by atoms with Gasteiger partial charge in [-0.15, -0.1) is 0 Å². The van der Waals surface area contributed by atoms with Crippen LogP contribution >= 0.6 is 27.7 Å². The zero-order chi connectivity index (χ0) is 21.1. The fourth-order valence-corrected chi connectivity index (χ4v) is 3.70. The molecule has 2 aromatic carbocycles. The lowest BCUT2D eigenvalue weighted by Gasteiger charge is -2.14. The number of carbonyl (C=O) groups is 2. The van der Waals surface area contributed by atoms with Gasteiger partial charge in [0.25, 0.3) is 5.91 Å². The van der Waals surface area contributed by atoms with Crippen molar-refractivity contribution in [1.82, 2.24) is 0 Å². The van der Waals surface area contributed by atoms with Crippen molar-refractivity contribution in [3.63, 3.8) is 0 Å². The highest BCUT2D eigenvalue weighted by atomic mass is 79.9. The number of carboxylic acids is 1. The highest BCUT2D eigenvalue weighted by Crippen LogP contribution is 2.37. The van der Waals surface area contributed by atoms with Crippen molar-refractivity contribution >= 4 is 56.5 Å². The summed E-state index contributed by atoms with van der Waals surface area (Å²) in [4.78, 5) is 25.5. The average Bonchev–Trinajstić information content (AvgIpc) is 2.96. The van der Waals surface area contributed by atoms with Crippen LogP contribution in [0.4, 0.5) is 5.69 Å². The van der Waals surface area contributed by atoms with E-state index in [-0.39, 0.29) is 11.1 Å². The number of halogens is 1.